The van der Waals surface area contributed by atoms with Crippen LogP contribution in [0.15, 0.2) is 81.5 Å². The van der Waals surface area contributed by atoms with Crippen molar-refractivity contribution in [2.75, 3.05) is 12.3 Å². The lowest BCUT2D eigenvalue weighted by Gasteiger charge is -2.27. The maximum Gasteiger partial charge on any atom is 0.284 e. The lowest BCUT2D eigenvalue weighted by molar-refractivity contribution is -0.387. The van der Waals surface area contributed by atoms with Gasteiger partial charge in [0.25, 0.3) is 11.6 Å². The van der Waals surface area contributed by atoms with Gasteiger partial charge in [0, 0.05) is 39.4 Å². The van der Waals surface area contributed by atoms with Crippen LogP contribution in [0.3, 0.4) is 0 Å². The number of nitrogens with zero attached hydrogens (tertiary/aromatic N) is 3. The second kappa shape index (κ2) is 11.1. The summed E-state index contributed by atoms with van der Waals surface area (Å²) >= 11 is 8.61. The zero-order valence-corrected chi connectivity index (χ0v) is 21.0. The van der Waals surface area contributed by atoms with E-state index in [1.165, 1.54) is 36.5 Å². The number of halogens is 1. The third kappa shape index (κ3) is 6.11. The van der Waals surface area contributed by atoms with Gasteiger partial charge >= 0.3 is 0 Å². The zero-order valence-electron chi connectivity index (χ0n) is 18.6. The molecule has 1 amide bonds. The van der Waals surface area contributed by atoms with E-state index in [9.17, 15) is 19.7 Å². The SMILES string of the molecule is CC(=O)c1ccc(N=C2SCCCN2C(=O)c2ccc(Sc3ccc(Cl)cc3)c([N+](=O)[O-])c2)cc1. The maximum absolute atomic E-state index is 13.4. The summed E-state index contributed by atoms with van der Waals surface area (Å²) in [5, 5.41) is 12.9. The number of nitro groups is 1. The van der Waals surface area contributed by atoms with E-state index in [0.29, 0.717) is 32.9 Å². The molecule has 0 bridgehead atoms. The Kier molecular flexibility index (Phi) is 7.90. The summed E-state index contributed by atoms with van der Waals surface area (Å²) in [6, 6.07) is 18.4. The molecule has 0 aliphatic carbocycles. The van der Waals surface area contributed by atoms with Crippen LogP contribution in [0.1, 0.15) is 34.1 Å². The van der Waals surface area contributed by atoms with Crippen LogP contribution in [0.25, 0.3) is 0 Å². The fourth-order valence-corrected chi connectivity index (χ4v) is 5.37. The van der Waals surface area contributed by atoms with E-state index in [1.807, 2.05) is 0 Å². The first-order chi connectivity index (χ1) is 16.8. The van der Waals surface area contributed by atoms with Crippen LogP contribution in [0.5, 0.6) is 0 Å². The van der Waals surface area contributed by atoms with Crippen molar-refractivity contribution in [3.05, 3.63) is 93.0 Å². The topological polar surface area (TPSA) is 92.9 Å². The Hall–Kier alpha value is -3.14. The molecule has 7 nitrogen and oxygen atoms in total. The monoisotopic (exact) mass is 525 g/mol. The van der Waals surface area contributed by atoms with Crippen LogP contribution in [0.2, 0.25) is 5.02 Å². The van der Waals surface area contributed by atoms with Crippen molar-refractivity contribution in [2.24, 2.45) is 4.99 Å². The largest absolute Gasteiger partial charge is 0.295 e. The molecule has 0 unspecified atom stereocenters. The van der Waals surface area contributed by atoms with E-state index in [1.54, 1.807) is 65.6 Å². The number of hydrogen-bond donors (Lipinski definition) is 0. The first-order valence-corrected chi connectivity index (χ1v) is 12.9. The molecule has 3 aromatic carbocycles. The summed E-state index contributed by atoms with van der Waals surface area (Å²) in [4.78, 5) is 43.6. The van der Waals surface area contributed by atoms with Crippen molar-refractivity contribution in [1.82, 2.24) is 4.90 Å². The molecule has 0 saturated carbocycles. The average molecular weight is 526 g/mol. The van der Waals surface area contributed by atoms with Gasteiger partial charge in [-0.05, 0) is 74.0 Å². The molecule has 1 saturated heterocycles. The Balaban J connectivity index is 1.60. The molecule has 1 fully saturated rings. The highest BCUT2D eigenvalue weighted by Gasteiger charge is 2.27. The van der Waals surface area contributed by atoms with Crippen LogP contribution in [-0.2, 0) is 0 Å². The van der Waals surface area contributed by atoms with E-state index in [4.69, 9.17) is 11.6 Å². The lowest BCUT2D eigenvalue weighted by atomic mass is 10.1. The van der Waals surface area contributed by atoms with Gasteiger partial charge < -0.3 is 0 Å². The summed E-state index contributed by atoms with van der Waals surface area (Å²) in [6.07, 6.45) is 0.783. The summed E-state index contributed by atoms with van der Waals surface area (Å²) in [5.74, 6) is 0.431. The van der Waals surface area contributed by atoms with Crippen molar-refractivity contribution in [3.63, 3.8) is 0 Å². The highest BCUT2D eigenvalue weighted by molar-refractivity contribution is 8.13. The summed E-state index contributed by atoms with van der Waals surface area (Å²) in [7, 11) is 0. The first kappa shape index (κ1) is 25.0. The van der Waals surface area contributed by atoms with Gasteiger partial charge in [0.15, 0.2) is 11.0 Å². The van der Waals surface area contributed by atoms with Gasteiger partial charge in [-0.3, -0.25) is 24.6 Å². The van der Waals surface area contributed by atoms with Crippen LogP contribution in [-0.4, -0.2) is 39.0 Å². The number of carbonyl (C=O) groups excluding carboxylic acids is 2. The van der Waals surface area contributed by atoms with Crippen LogP contribution in [0, 0.1) is 10.1 Å². The summed E-state index contributed by atoms with van der Waals surface area (Å²) in [6.45, 7) is 1.96. The number of amides is 1. The standard InChI is InChI=1S/C25H20ClN3O4S2/c1-16(30)17-3-8-20(9-4-17)27-25-28(13-2-14-34-25)24(31)18-5-12-23(22(15-18)29(32)33)35-21-10-6-19(26)7-11-21/h3-12,15H,2,13-14H2,1H3. The number of Topliss-reactive ketones (excluding diaryl/α,β-unsaturated/α-hetero) is 1. The third-order valence-corrected chi connectivity index (χ3v) is 7.56. The number of thioether (sulfide) groups is 1. The predicted molar refractivity (Wildman–Crippen MR) is 140 cm³/mol. The van der Waals surface area contributed by atoms with Gasteiger partial charge in [0.2, 0.25) is 0 Å². The number of ketones is 1. The van der Waals surface area contributed by atoms with E-state index < -0.39 is 4.92 Å². The summed E-state index contributed by atoms with van der Waals surface area (Å²) in [5.41, 5.74) is 1.29. The van der Waals surface area contributed by atoms with Gasteiger partial charge in [0.1, 0.15) is 0 Å². The van der Waals surface area contributed by atoms with Crippen LogP contribution in [0.4, 0.5) is 11.4 Å². The Labute approximate surface area is 215 Å². The van der Waals surface area contributed by atoms with E-state index in [2.05, 4.69) is 4.99 Å². The molecule has 10 heteroatoms. The molecular weight excluding hydrogens is 506 g/mol. The van der Waals surface area contributed by atoms with Crippen LogP contribution >= 0.6 is 35.1 Å². The second-order valence-corrected chi connectivity index (χ2v) is 10.3. The number of hydrogen-bond acceptors (Lipinski definition) is 7. The van der Waals surface area contributed by atoms with E-state index >= 15 is 0 Å². The van der Waals surface area contributed by atoms with Gasteiger partial charge in [-0.2, -0.15) is 0 Å². The zero-order chi connectivity index (χ0) is 24.9. The molecule has 1 aliphatic rings. The predicted octanol–water partition coefficient (Wildman–Crippen LogP) is 6.87. The highest BCUT2D eigenvalue weighted by Crippen LogP contribution is 2.36. The maximum atomic E-state index is 13.4. The number of nitro benzene ring substituents is 1. The quantitative estimate of drug-likeness (QED) is 0.198. The molecule has 0 N–H and O–H groups in total. The van der Waals surface area contributed by atoms with Crippen molar-refractivity contribution >= 4 is 63.4 Å². The molecule has 4 rings (SSSR count). The normalized spacial score (nSPS) is 14.7. The minimum Gasteiger partial charge on any atom is -0.295 e. The molecule has 0 aromatic heterocycles. The fourth-order valence-electron chi connectivity index (χ4n) is 3.39. The molecule has 1 heterocycles. The van der Waals surface area contributed by atoms with E-state index in [0.717, 1.165) is 17.1 Å². The Morgan fingerprint density at radius 2 is 1.74 bits per heavy atom. The minimum atomic E-state index is -0.481. The summed E-state index contributed by atoms with van der Waals surface area (Å²) < 4.78 is 0. The molecule has 3 aromatic rings. The molecule has 35 heavy (non-hydrogen) atoms. The second-order valence-electron chi connectivity index (χ2n) is 7.65. The van der Waals surface area contributed by atoms with Gasteiger partial charge in [-0.15, -0.1) is 0 Å². The fraction of sp³-hybridized carbons (Fsp3) is 0.160. The Morgan fingerprint density at radius 1 is 1.06 bits per heavy atom. The molecule has 0 radical (unpaired) electrons. The van der Waals surface area contributed by atoms with Crippen molar-refractivity contribution in [3.8, 4) is 0 Å². The number of aliphatic imine (C=N–C) groups is 1. The first-order valence-electron chi connectivity index (χ1n) is 10.7. The van der Waals surface area contributed by atoms with E-state index in [-0.39, 0.29) is 22.9 Å². The van der Waals surface area contributed by atoms with Gasteiger partial charge in [-0.25, -0.2) is 4.99 Å². The highest BCUT2D eigenvalue weighted by atomic mass is 35.5. The molecule has 1 aliphatic heterocycles. The molecular formula is C25H20ClN3O4S2. The van der Waals surface area contributed by atoms with Crippen molar-refractivity contribution in [1.29, 1.82) is 0 Å². The molecule has 0 spiro atoms. The third-order valence-electron chi connectivity index (χ3n) is 5.18. The molecule has 178 valence electrons. The average Bonchev–Trinajstić information content (AvgIpc) is 2.86. The number of benzene rings is 3. The number of amidine groups is 1. The van der Waals surface area contributed by atoms with Gasteiger partial charge in [-0.1, -0.05) is 35.1 Å². The van der Waals surface area contributed by atoms with Crippen molar-refractivity contribution < 1.29 is 14.5 Å². The van der Waals surface area contributed by atoms with Crippen molar-refractivity contribution in [2.45, 2.75) is 23.1 Å². The van der Waals surface area contributed by atoms with Crippen LogP contribution < -0.4 is 0 Å². The minimum absolute atomic E-state index is 0.0349. The number of carbonyl (C=O) groups is 2. The molecule has 0 atom stereocenters. The Morgan fingerprint density at radius 3 is 2.40 bits per heavy atom. The Bertz CT molecular complexity index is 1310. The lowest BCUT2D eigenvalue weighted by Crippen LogP contribution is -2.39. The smallest absolute Gasteiger partial charge is 0.284 e. The van der Waals surface area contributed by atoms with Gasteiger partial charge in [0.05, 0.1) is 15.5 Å². The number of rotatable bonds is 6.